The van der Waals surface area contributed by atoms with Crippen molar-refractivity contribution >= 4 is 21.4 Å². The molecule has 0 atom stereocenters. The second kappa shape index (κ2) is 6.40. The molecule has 8 heteroatoms. The molecule has 116 valence electrons. The summed E-state index contributed by atoms with van der Waals surface area (Å²) in [4.78, 5) is 10.2. The Bertz CT molecular complexity index is 624. The van der Waals surface area contributed by atoms with Gasteiger partial charge in [-0.2, -0.15) is 0 Å². The van der Waals surface area contributed by atoms with Crippen LogP contribution in [0.25, 0.3) is 0 Å². The van der Waals surface area contributed by atoms with Crippen molar-refractivity contribution in [1.82, 2.24) is 5.32 Å². The highest BCUT2D eigenvalue weighted by Gasteiger charge is 2.22. The molecule has 1 fully saturated rings. The number of piperidine rings is 1. The number of nitro groups is 1. The van der Waals surface area contributed by atoms with Gasteiger partial charge in [-0.05, 0) is 50.4 Å². The Hall–Kier alpha value is -1.67. The molecular weight excluding hydrogens is 294 g/mol. The highest BCUT2D eigenvalue weighted by atomic mass is 32.2. The van der Waals surface area contributed by atoms with E-state index in [4.69, 9.17) is 0 Å². The fourth-order valence-electron chi connectivity index (χ4n) is 2.44. The lowest BCUT2D eigenvalue weighted by atomic mass is 10.0. The molecule has 0 radical (unpaired) electrons. The van der Waals surface area contributed by atoms with Crippen LogP contribution in [0.4, 0.5) is 11.4 Å². The van der Waals surface area contributed by atoms with Crippen LogP contribution in [0.2, 0.25) is 0 Å². The van der Waals surface area contributed by atoms with Crippen molar-refractivity contribution in [3.63, 3.8) is 0 Å². The first-order chi connectivity index (χ1) is 9.87. The van der Waals surface area contributed by atoms with Gasteiger partial charge >= 0.3 is 0 Å². The molecule has 1 aromatic carbocycles. The third kappa shape index (κ3) is 4.40. The van der Waals surface area contributed by atoms with Gasteiger partial charge in [-0.1, -0.05) is 0 Å². The number of nitrogens with one attached hydrogen (secondary N) is 2. The first-order valence-corrected chi connectivity index (χ1v) is 8.49. The van der Waals surface area contributed by atoms with E-state index in [-0.39, 0.29) is 17.4 Å². The van der Waals surface area contributed by atoms with Crippen LogP contribution in [-0.2, 0) is 10.0 Å². The normalized spacial score (nSPS) is 16.6. The topological polar surface area (TPSA) is 101 Å². The molecule has 0 amide bonds. The molecule has 1 aromatic rings. The summed E-state index contributed by atoms with van der Waals surface area (Å²) in [7, 11) is -3.44. The molecule has 1 heterocycles. The number of sulfonamides is 1. The summed E-state index contributed by atoms with van der Waals surface area (Å²) in [5.74, 6) is 0.243. The summed E-state index contributed by atoms with van der Waals surface area (Å²) in [5, 5.41) is 13.9. The van der Waals surface area contributed by atoms with E-state index in [2.05, 4.69) is 10.0 Å². The maximum absolute atomic E-state index is 12.2. The molecule has 7 nitrogen and oxygen atoms in total. The molecule has 1 aliphatic heterocycles. The van der Waals surface area contributed by atoms with Crippen molar-refractivity contribution in [1.29, 1.82) is 0 Å². The van der Waals surface area contributed by atoms with Crippen LogP contribution in [0.1, 0.15) is 18.4 Å². The van der Waals surface area contributed by atoms with Crippen LogP contribution >= 0.6 is 0 Å². The summed E-state index contributed by atoms with van der Waals surface area (Å²) in [5.41, 5.74) is 0.890. The van der Waals surface area contributed by atoms with Crippen LogP contribution in [0, 0.1) is 23.0 Å². The quantitative estimate of drug-likeness (QED) is 0.635. The fourth-order valence-corrected chi connectivity index (χ4v) is 4.05. The summed E-state index contributed by atoms with van der Waals surface area (Å²) in [6, 6.07) is 4.10. The molecule has 1 aliphatic rings. The number of benzene rings is 1. The van der Waals surface area contributed by atoms with Crippen molar-refractivity contribution in [3.05, 3.63) is 33.9 Å². The molecule has 0 unspecified atom stereocenters. The van der Waals surface area contributed by atoms with Crippen molar-refractivity contribution in [2.24, 2.45) is 5.92 Å². The van der Waals surface area contributed by atoms with Crippen LogP contribution in [0.5, 0.6) is 0 Å². The molecule has 0 aliphatic carbocycles. The first kappa shape index (κ1) is 15.7. The number of rotatable bonds is 5. The molecule has 0 spiro atoms. The van der Waals surface area contributed by atoms with Crippen LogP contribution < -0.4 is 10.0 Å². The highest BCUT2D eigenvalue weighted by Crippen LogP contribution is 2.23. The van der Waals surface area contributed by atoms with Gasteiger partial charge in [0.2, 0.25) is 10.0 Å². The summed E-state index contributed by atoms with van der Waals surface area (Å²) >= 11 is 0. The van der Waals surface area contributed by atoms with Gasteiger partial charge < -0.3 is 5.32 Å². The fraction of sp³-hybridized carbons (Fsp3) is 0.538. The van der Waals surface area contributed by atoms with Crippen molar-refractivity contribution in [2.45, 2.75) is 19.8 Å². The largest absolute Gasteiger partial charge is 0.317 e. The van der Waals surface area contributed by atoms with E-state index in [1.807, 2.05) is 0 Å². The third-order valence-corrected chi connectivity index (χ3v) is 5.04. The molecule has 21 heavy (non-hydrogen) atoms. The van der Waals surface area contributed by atoms with E-state index >= 15 is 0 Å². The Labute approximate surface area is 123 Å². The van der Waals surface area contributed by atoms with Gasteiger partial charge in [-0.25, -0.2) is 8.42 Å². The van der Waals surface area contributed by atoms with Gasteiger partial charge in [0.25, 0.3) is 5.69 Å². The van der Waals surface area contributed by atoms with Gasteiger partial charge in [0.1, 0.15) is 0 Å². The minimum atomic E-state index is -3.44. The van der Waals surface area contributed by atoms with Crippen LogP contribution in [0.15, 0.2) is 18.2 Å². The number of nitro benzene ring substituents is 1. The van der Waals surface area contributed by atoms with E-state index in [0.717, 1.165) is 25.9 Å². The van der Waals surface area contributed by atoms with Gasteiger partial charge in [0.05, 0.1) is 16.4 Å². The maximum Gasteiger partial charge on any atom is 0.269 e. The van der Waals surface area contributed by atoms with Crippen molar-refractivity contribution in [3.8, 4) is 0 Å². The number of hydrogen-bond acceptors (Lipinski definition) is 5. The number of non-ortho nitro benzene ring substituents is 1. The lowest BCUT2D eigenvalue weighted by Gasteiger charge is -2.22. The van der Waals surface area contributed by atoms with E-state index in [9.17, 15) is 18.5 Å². The molecule has 0 saturated carbocycles. The number of anilines is 1. The predicted molar refractivity (Wildman–Crippen MR) is 80.8 cm³/mol. The van der Waals surface area contributed by atoms with E-state index in [1.54, 1.807) is 6.92 Å². The average molecular weight is 313 g/mol. The predicted octanol–water partition coefficient (Wildman–Crippen LogP) is 1.64. The molecule has 2 rings (SSSR count). The molecule has 2 N–H and O–H groups in total. The zero-order chi connectivity index (χ0) is 15.5. The Kier molecular flexibility index (Phi) is 4.79. The number of hydrogen-bond donors (Lipinski definition) is 2. The minimum Gasteiger partial charge on any atom is -0.317 e. The zero-order valence-corrected chi connectivity index (χ0v) is 12.6. The minimum absolute atomic E-state index is 0.0474. The van der Waals surface area contributed by atoms with Gasteiger partial charge in [-0.15, -0.1) is 0 Å². The molecule has 0 bridgehead atoms. The second-order valence-corrected chi connectivity index (χ2v) is 7.10. The van der Waals surface area contributed by atoms with Gasteiger partial charge in [-0.3, -0.25) is 14.8 Å². The lowest BCUT2D eigenvalue weighted by molar-refractivity contribution is -0.384. The maximum atomic E-state index is 12.2. The highest BCUT2D eigenvalue weighted by molar-refractivity contribution is 7.92. The number of aryl methyl sites for hydroxylation is 1. The smallest absolute Gasteiger partial charge is 0.269 e. The zero-order valence-electron chi connectivity index (χ0n) is 11.8. The van der Waals surface area contributed by atoms with Crippen molar-refractivity contribution in [2.75, 3.05) is 23.6 Å². The van der Waals surface area contributed by atoms with E-state index < -0.39 is 14.9 Å². The van der Waals surface area contributed by atoms with Crippen molar-refractivity contribution < 1.29 is 13.3 Å². The Morgan fingerprint density at radius 2 is 2.05 bits per heavy atom. The SMILES string of the molecule is Cc1cc([N+](=O)[O-])ccc1NS(=O)(=O)CC1CCNCC1. The monoisotopic (exact) mass is 313 g/mol. The Balaban J connectivity index is 2.07. The lowest BCUT2D eigenvalue weighted by Crippen LogP contribution is -2.33. The first-order valence-electron chi connectivity index (χ1n) is 6.83. The average Bonchev–Trinajstić information content (AvgIpc) is 2.41. The van der Waals surface area contributed by atoms with Crippen LogP contribution in [-0.4, -0.2) is 32.2 Å². The summed E-state index contributed by atoms with van der Waals surface area (Å²) in [6.07, 6.45) is 1.69. The molecule has 0 aromatic heterocycles. The second-order valence-electron chi connectivity index (χ2n) is 5.33. The van der Waals surface area contributed by atoms with Gasteiger partial charge in [0.15, 0.2) is 0 Å². The summed E-state index contributed by atoms with van der Waals surface area (Å²) < 4.78 is 26.9. The standard InChI is InChI=1S/C13H19N3O4S/c1-10-8-12(16(17)18)2-3-13(10)15-21(19,20)9-11-4-6-14-7-5-11/h2-3,8,11,14-15H,4-7,9H2,1H3. The van der Waals surface area contributed by atoms with Gasteiger partial charge in [0, 0.05) is 12.1 Å². The third-order valence-electron chi connectivity index (χ3n) is 3.60. The Morgan fingerprint density at radius 3 is 2.62 bits per heavy atom. The van der Waals surface area contributed by atoms with Crippen LogP contribution in [0.3, 0.4) is 0 Å². The Morgan fingerprint density at radius 1 is 1.38 bits per heavy atom. The van der Waals surface area contributed by atoms with E-state index in [1.165, 1.54) is 18.2 Å². The van der Waals surface area contributed by atoms with E-state index in [0.29, 0.717) is 11.3 Å². The summed E-state index contributed by atoms with van der Waals surface area (Å²) in [6.45, 7) is 3.34. The molecular formula is C13H19N3O4S. The molecule has 1 saturated heterocycles. The number of nitrogens with zero attached hydrogens (tertiary/aromatic N) is 1.